The van der Waals surface area contributed by atoms with E-state index in [1.54, 1.807) is 0 Å². The van der Waals surface area contributed by atoms with Crippen molar-refractivity contribution in [2.24, 2.45) is 0 Å². The number of aromatic nitrogens is 1. The lowest BCUT2D eigenvalue weighted by molar-refractivity contribution is 0.274. The van der Waals surface area contributed by atoms with E-state index in [4.69, 9.17) is 0 Å². The minimum Gasteiger partial charge on any atom is -0.370 e. The SMILES string of the molecule is CCCNc1cccc(CN(C)CCN(C)C)n1. The van der Waals surface area contributed by atoms with Crippen LogP contribution in [-0.2, 0) is 6.54 Å². The van der Waals surface area contributed by atoms with Crippen molar-refractivity contribution in [2.75, 3.05) is 46.1 Å². The van der Waals surface area contributed by atoms with Gasteiger partial charge in [-0.15, -0.1) is 0 Å². The van der Waals surface area contributed by atoms with Crippen LogP contribution in [-0.4, -0.2) is 55.6 Å². The van der Waals surface area contributed by atoms with Crippen molar-refractivity contribution >= 4 is 5.82 Å². The van der Waals surface area contributed by atoms with Crippen LogP contribution < -0.4 is 5.32 Å². The fourth-order valence-corrected chi connectivity index (χ4v) is 1.65. The van der Waals surface area contributed by atoms with Gasteiger partial charge in [-0.05, 0) is 39.7 Å². The smallest absolute Gasteiger partial charge is 0.126 e. The van der Waals surface area contributed by atoms with E-state index in [1.807, 2.05) is 6.07 Å². The van der Waals surface area contributed by atoms with Crippen LogP contribution in [0.4, 0.5) is 5.82 Å². The summed E-state index contributed by atoms with van der Waals surface area (Å²) in [6.07, 6.45) is 1.12. The highest BCUT2D eigenvalue weighted by Crippen LogP contribution is 2.06. The summed E-state index contributed by atoms with van der Waals surface area (Å²) < 4.78 is 0. The number of hydrogen-bond acceptors (Lipinski definition) is 4. The fraction of sp³-hybridized carbons (Fsp3) is 0.643. The van der Waals surface area contributed by atoms with Gasteiger partial charge in [0.1, 0.15) is 5.82 Å². The minimum atomic E-state index is 0.898. The highest BCUT2D eigenvalue weighted by Gasteiger charge is 2.03. The van der Waals surface area contributed by atoms with Crippen molar-refractivity contribution < 1.29 is 0 Å². The summed E-state index contributed by atoms with van der Waals surface area (Å²) in [7, 11) is 6.33. The quantitative estimate of drug-likeness (QED) is 0.763. The molecule has 4 nitrogen and oxygen atoms in total. The Kier molecular flexibility index (Phi) is 6.68. The summed E-state index contributed by atoms with van der Waals surface area (Å²) >= 11 is 0. The molecule has 1 N–H and O–H groups in total. The molecule has 0 fully saturated rings. The molecular formula is C14H26N4. The lowest BCUT2D eigenvalue weighted by Crippen LogP contribution is -2.28. The third-order valence-electron chi connectivity index (χ3n) is 2.72. The minimum absolute atomic E-state index is 0.898. The maximum atomic E-state index is 4.61. The molecule has 0 amide bonds. The lowest BCUT2D eigenvalue weighted by atomic mass is 10.3. The molecule has 0 saturated carbocycles. The Bertz CT molecular complexity index is 338. The van der Waals surface area contributed by atoms with E-state index >= 15 is 0 Å². The Balaban J connectivity index is 2.45. The molecule has 1 heterocycles. The summed E-state index contributed by atoms with van der Waals surface area (Å²) in [5, 5.41) is 3.32. The monoisotopic (exact) mass is 250 g/mol. The molecule has 102 valence electrons. The van der Waals surface area contributed by atoms with Crippen molar-refractivity contribution in [3.63, 3.8) is 0 Å². The van der Waals surface area contributed by atoms with Crippen LogP contribution in [0.2, 0.25) is 0 Å². The highest BCUT2D eigenvalue weighted by molar-refractivity contribution is 5.35. The van der Waals surface area contributed by atoms with Crippen molar-refractivity contribution in [1.82, 2.24) is 14.8 Å². The van der Waals surface area contributed by atoms with Crippen LogP contribution in [0.3, 0.4) is 0 Å². The Morgan fingerprint density at radius 3 is 2.61 bits per heavy atom. The predicted octanol–water partition coefficient (Wildman–Crippen LogP) is 1.90. The molecule has 0 bridgehead atoms. The maximum absolute atomic E-state index is 4.61. The number of nitrogens with one attached hydrogen (secondary N) is 1. The van der Waals surface area contributed by atoms with Crippen LogP contribution in [0.15, 0.2) is 18.2 Å². The number of nitrogens with zero attached hydrogens (tertiary/aromatic N) is 3. The first-order chi connectivity index (χ1) is 8.61. The summed E-state index contributed by atoms with van der Waals surface area (Å²) in [5.41, 5.74) is 1.12. The van der Waals surface area contributed by atoms with Gasteiger partial charge in [0, 0.05) is 26.2 Å². The second-order valence-electron chi connectivity index (χ2n) is 4.98. The van der Waals surface area contributed by atoms with Crippen LogP contribution >= 0.6 is 0 Å². The largest absolute Gasteiger partial charge is 0.370 e. The van der Waals surface area contributed by atoms with Crippen LogP contribution in [0.25, 0.3) is 0 Å². The van der Waals surface area contributed by atoms with Gasteiger partial charge in [-0.2, -0.15) is 0 Å². The predicted molar refractivity (Wildman–Crippen MR) is 77.9 cm³/mol. The Morgan fingerprint density at radius 2 is 1.94 bits per heavy atom. The molecule has 0 aromatic carbocycles. The van der Waals surface area contributed by atoms with Crippen LogP contribution in [0.5, 0.6) is 0 Å². The summed E-state index contributed by atoms with van der Waals surface area (Å²) in [5.74, 6) is 0.982. The fourth-order valence-electron chi connectivity index (χ4n) is 1.65. The molecule has 4 heteroatoms. The molecule has 0 aliphatic rings. The lowest BCUT2D eigenvalue weighted by Gasteiger charge is -2.19. The van der Waals surface area contributed by atoms with Crippen LogP contribution in [0, 0.1) is 0 Å². The molecule has 0 aliphatic carbocycles. The summed E-state index contributed by atoms with van der Waals surface area (Å²) in [6.45, 7) is 6.17. The van der Waals surface area contributed by atoms with Crippen molar-refractivity contribution in [1.29, 1.82) is 0 Å². The van der Waals surface area contributed by atoms with Gasteiger partial charge in [-0.3, -0.25) is 4.90 Å². The zero-order valence-electron chi connectivity index (χ0n) is 12.1. The topological polar surface area (TPSA) is 31.4 Å². The summed E-state index contributed by atoms with van der Waals surface area (Å²) in [4.78, 5) is 9.11. The molecule has 1 aromatic rings. The van der Waals surface area contributed by atoms with Crippen molar-refractivity contribution in [3.8, 4) is 0 Å². The summed E-state index contributed by atoms with van der Waals surface area (Å²) in [6, 6.07) is 6.18. The molecule has 0 radical (unpaired) electrons. The molecule has 0 aliphatic heterocycles. The third-order valence-corrected chi connectivity index (χ3v) is 2.72. The van der Waals surface area contributed by atoms with E-state index in [9.17, 15) is 0 Å². The molecule has 0 unspecified atom stereocenters. The average Bonchev–Trinajstić information content (AvgIpc) is 2.34. The first kappa shape index (κ1) is 14.9. The highest BCUT2D eigenvalue weighted by atomic mass is 15.2. The van der Waals surface area contributed by atoms with Gasteiger partial charge in [-0.1, -0.05) is 13.0 Å². The Morgan fingerprint density at radius 1 is 1.17 bits per heavy atom. The van der Waals surface area contributed by atoms with Gasteiger partial charge in [-0.25, -0.2) is 4.98 Å². The number of anilines is 1. The van der Waals surface area contributed by atoms with E-state index in [1.165, 1.54) is 0 Å². The maximum Gasteiger partial charge on any atom is 0.126 e. The van der Waals surface area contributed by atoms with E-state index in [-0.39, 0.29) is 0 Å². The van der Waals surface area contributed by atoms with Crippen LogP contribution in [0.1, 0.15) is 19.0 Å². The van der Waals surface area contributed by atoms with Crippen molar-refractivity contribution in [2.45, 2.75) is 19.9 Å². The third kappa shape index (κ3) is 5.98. The molecule has 1 rings (SSSR count). The Hall–Kier alpha value is -1.13. The first-order valence-corrected chi connectivity index (χ1v) is 6.65. The molecular weight excluding hydrogens is 224 g/mol. The van der Waals surface area contributed by atoms with Gasteiger partial charge in [0.05, 0.1) is 5.69 Å². The number of rotatable bonds is 8. The van der Waals surface area contributed by atoms with Gasteiger partial charge in [0.2, 0.25) is 0 Å². The Labute approximate surface area is 111 Å². The van der Waals surface area contributed by atoms with E-state index in [0.29, 0.717) is 0 Å². The van der Waals surface area contributed by atoms with Gasteiger partial charge in [0.25, 0.3) is 0 Å². The first-order valence-electron chi connectivity index (χ1n) is 6.65. The van der Waals surface area contributed by atoms with Gasteiger partial charge < -0.3 is 10.2 Å². The normalized spacial score (nSPS) is 11.2. The second kappa shape index (κ2) is 8.06. The zero-order valence-corrected chi connectivity index (χ0v) is 12.1. The second-order valence-corrected chi connectivity index (χ2v) is 4.98. The molecule has 0 saturated heterocycles. The van der Waals surface area contributed by atoms with E-state index in [2.05, 4.69) is 60.3 Å². The molecule has 1 aromatic heterocycles. The average molecular weight is 250 g/mol. The molecule has 0 atom stereocenters. The van der Waals surface area contributed by atoms with E-state index in [0.717, 1.165) is 44.1 Å². The number of pyridine rings is 1. The molecule has 18 heavy (non-hydrogen) atoms. The van der Waals surface area contributed by atoms with Gasteiger partial charge in [0.15, 0.2) is 0 Å². The standard InChI is InChI=1S/C14H26N4/c1-5-9-15-14-8-6-7-13(16-14)12-18(4)11-10-17(2)3/h6-8H,5,9-12H2,1-4H3,(H,15,16). The van der Waals surface area contributed by atoms with Gasteiger partial charge >= 0.3 is 0 Å². The van der Waals surface area contributed by atoms with Crippen molar-refractivity contribution in [3.05, 3.63) is 23.9 Å². The number of hydrogen-bond donors (Lipinski definition) is 1. The number of likely N-dealkylation sites (N-methyl/N-ethyl adjacent to an activating group) is 2. The molecule has 0 spiro atoms. The zero-order chi connectivity index (χ0) is 13.4. The van der Waals surface area contributed by atoms with E-state index < -0.39 is 0 Å².